The van der Waals surface area contributed by atoms with E-state index in [1.54, 1.807) is 37.4 Å². The van der Waals surface area contributed by atoms with Crippen molar-refractivity contribution in [1.82, 2.24) is 14.5 Å². The number of carboxylic acid groups (broad SMARTS) is 1. The molecule has 10 nitrogen and oxygen atoms in total. The predicted octanol–water partition coefficient (Wildman–Crippen LogP) is 3.08. The van der Waals surface area contributed by atoms with E-state index in [4.69, 9.17) is 14.2 Å². The number of hydrogen-bond donors (Lipinski definition) is 1. The van der Waals surface area contributed by atoms with Crippen molar-refractivity contribution in [1.29, 1.82) is 0 Å². The lowest BCUT2D eigenvalue weighted by Crippen LogP contribution is -2.18. The molecular weight excluding hydrogens is 426 g/mol. The highest BCUT2D eigenvalue weighted by atomic mass is 32.2. The quantitative estimate of drug-likeness (QED) is 0.553. The number of hydrogen-bond acceptors (Lipinski definition) is 8. The number of sulfone groups is 1. The second-order valence-electron chi connectivity index (χ2n) is 6.69. The Kier molecular flexibility index (Phi) is 6.56. The SMILES string of the molecule is COC[C@H](C)Oc1cc(Oc2cnc(S(C)(=O)=O)cn2)cc(-c2cccn2C(=O)O)c1. The van der Waals surface area contributed by atoms with Gasteiger partial charge in [0.05, 0.1) is 24.7 Å². The molecule has 1 aromatic carbocycles. The van der Waals surface area contributed by atoms with Crippen LogP contribution in [0.4, 0.5) is 4.79 Å². The van der Waals surface area contributed by atoms with E-state index in [-0.39, 0.29) is 17.0 Å². The third-order valence-electron chi connectivity index (χ3n) is 4.08. The minimum atomic E-state index is -3.49. The Bertz CT molecular complexity index is 1170. The Hall–Kier alpha value is -3.44. The van der Waals surface area contributed by atoms with E-state index in [0.717, 1.165) is 17.0 Å². The van der Waals surface area contributed by atoms with Crippen LogP contribution in [0.2, 0.25) is 0 Å². The van der Waals surface area contributed by atoms with Crippen molar-refractivity contribution in [3.8, 4) is 28.6 Å². The van der Waals surface area contributed by atoms with Crippen molar-refractivity contribution >= 4 is 15.9 Å². The van der Waals surface area contributed by atoms with Crippen LogP contribution in [0, 0.1) is 0 Å². The fourth-order valence-corrected chi connectivity index (χ4v) is 3.29. The molecule has 11 heteroatoms. The standard InChI is InChI=1S/C20H21N3O7S/c1-13(12-28-2)29-15-7-14(17-5-4-6-23(17)20(24)25)8-16(9-15)30-18-10-22-19(11-21-18)31(3,26)27/h4-11,13H,12H2,1-3H3,(H,24,25)/t13-/m0/s1. The van der Waals surface area contributed by atoms with Gasteiger partial charge in [0, 0.05) is 31.2 Å². The van der Waals surface area contributed by atoms with Gasteiger partial charge in [-0.15, -0.1) is 0 Å². The Labute approximate surface area is 179 Å². The zero-order valence-corrected chi connectivity index (χ0v) is 17.9. The van der Waals surface area contributed by atoms with Gasteiger partial charge in [-0.1, -0.05) is 0 Å². The molecule has 2 aromatic heterocycles. The Morgan fingerprint density at radius 2 is 1.94 bits per heavy atom. The maximum atomic E-state index is 11.5. The van der Waals surface area contributed by atoms with Crippen LogP contribution in [0.3, 0.4) is 0 Å². The fourth-order valence-electron chi connectivity index (χ4n) is 2.80. The van der Waals surface area contributed by atoms with Crippen molar-refractivity contribution < 1.29 is 32.5 Å². The summed E-state index contributed by atoms with van der Waals surface area (Å²) in [5.41, 5.74) is 0.950. The summed E-state index contributed by atoms with van der Waals surface area (Å²) in [6, 6.07) is 8.17. The second-order valence-corrected chi connectivity index (χ2v) is 8.65. The average Bonchev–Trinajstić information content (AvgIpc) is 3.18. The van der Waals surface area contributed by atoms with Gasteiger partial charge >= 0.3 is 6.09 Å². The summed E-state index contributed by atoms with van der Waals surface area (Å²) in [5, 5.41) is 9.24. The first kappa shape index (κ1) is 22.2. The minimum absolute atomic E-state index is 0.0639. The van der Waals surface area contributed by atoms with Gasteiger partial charge in [-0.2, -0.15) is 0 Å². The van der Waals surface area contributed by atoms with Crippen molar-refractivity contribution in [2.24, 2.45) is 0 Å². The second kappa shape index (κ2) is 9.14. The molecule has 164 valence electrons. The predicted molar refractivity (Wildman–Crippen MR) is 110 cm³/mol. The van der Waals surface area contributed by atoms with Gasteiger partial charge in [-0.25, -0.2) is 23.2 Å². The Morgan fingerprint density at radius 1 is 1.19 bits per heavy atom. The van der Waals surface area contributed by atoms with E-state index in [0.29, 0.717) is 29.4 Å². The molecule has 3 aromatic rings. The highest BCUT2D eigenvalue weighted by Gasteiger charge is 2.15. The lowest BCUT2D eigenvalue weighted by molar-refractivity contribution is 0.0920. The van der Waals surface area contributed by atoms with E-state index in [2.05, 4.69) is 9.97 Å². The van der Waals surface area contributed by atoms with E-state index in [1.807, 2.05) is 6.92 Å². The molecule has 0 unspecified atom stereocenters. The topological polar surface area (TPSA) is 130 Å². The molecule has 3 rings (SSSR count). The number of rotatable bonds is 8. The summed E-state index contributed by atoms with van der Waals surface area (Å²) in [7, 11) is -1.93. The third-order valence-corrected chi connectivity index (χ3v) is 5.05. The van der Waals surface area contributed by atoms with Crippen LogP contribution in [0.1, 0.15) is 6.92 Å². The van der Waals surface area contributed by atoms with Crippen molar-refractivity contribution in [3.63, 3.8) is 0 Å². The van der Waals surface area contributed by atoms with Gasteiger partial charge in [0.25, 0.3) is 0 Å². The first-order chi connectivity index (χ1) is 14.7. The molecular formula is C20H21N3O7S. The molecule has 0 bridgehead atoms. The molecule has 0 saturated heterocycles. The number of ether oxygens (including phenoxy) is 3. The average molecular weight is 447 g/mol. The van der Waals surface area contributed by atoms with E-state index >= 15 is 0 Å². The third kappa shape index (κ3) is 5.58. The normalized spacial score (nSPS) is 12.4. The summed E-state index contributed by atoms with van der Waals surface area (Å²) < 4.78 is 40.8. The first-order valence-electron chi connectivity index (χ1n) is 9.09. The zero-order chi connectivity index (χ0) is 22.6. The highest BCUT2D eigenvalue weighted by molar-refractivity contribution is 7.90. The maximum absolute atomic E-state index is 11.5. The molecule has 0 aliphatic rings. The van der Waals surface area contributed by atoms with Gasteiger partial charge in [0.1, 0.15) is 17.6 Å². The largest absolute Gasteiger partial charge is 0.488 e. The van der Waals surface area contributed by atoms with Crippen LogP contribution in [0.15, 0.2) is 53.9 Å². The van der Waals surface area contributed by atoms with Crippen LogP contribution in [0.5, 0.6) is 17.4 Å². The fraction of sp³-hybridized carbons (Fsp3) is 0.250. The molecule has 1 atom stereocenters. The molecule has 0 saturated carbocycles. The highest BCUT2D eigenvalue weighted by Crippen LogP contribution is 2.32. The summed E-state index contributed by atoms with van der Waals surface area (Å²) in [6.07, 6.45) is 3.34. The van der Waals surface area contributed by atoms with Gasteiger partial charge < -0.3 is 19.3 Å². The Morgan fingerprint density at radius 3 is 2.55 bits per heavy atom. The molecule has 0 radical (unpaired) electrons. The minimum Gasteiger partial charge on any atom is -0.488 e. The summed E-state index contributed by atoms with van der Waals surface area (Å²) in [5.74, 6) is 0.793. The van der Waals surface area contributed by atoms with Crippen LogP contribution in [0.25, 0.3) is 11.3 Å². The van der Waals surface area contributed by atoms with Crippen LogP contribution >= 0.6 is 0 Å². The molecule has 0 aliphatic carbocycles. The molecule has 0 fully saturated rings. The van der Waals surface area contributed by atoms with E-state index in [1.165, 1.54) is 12.4 Å². The first-order valence-corrected chi connectivity index (χ1v) is 11.0. The summed E-state index contributed by atoms with van der Waals surface area (Å²) >= 11 is 0. The van der Waals surface area contributed by atoms with Crippen LogP contribution in [-0.2, 0) is 14.6 Å². The van der Waals surface area contributed by atoms with Crippen molar-refractivity contribution in [2.75, 3.05) is 20.0 Å². The van der Waals surface area contributed by atoms with Gasteiger partial charge in [0.2, 0.25) is 5.88 Å². The van der Waals surface area contributed by atoms with Crippen molar-refractivity contribution in [3.05, 3.63) is 48.9 Å². The molecule has 1 N–H and O–H groups in total. The van der Waals surface area contributed by atoms with Crippen LogP contribution in [-0.4, -0.2) is 60.2 Å². The van der Waals surface area contributed by atoms with E-state index in [9.17, 15) is 18.3 Å². The van der Waals surface area contributed by atoms with Crippen molar-refractivity contribution in [2.45, 2.75) is 18.1 Å². The number of nitrogens with zero attached hydrogens (tertiary/aromatic N) is 3. The summed E-state index contributed by atoms with van der Waals surface area (Å²) in [6.45, 7) is 2.18. The maximum Gasteiger partial charge on any atom is 0.415 e. The number of aromatic nitrogens is 3. The van der Waals surface area contributed by atoms with E-state index < -0.39 is 15.9 Å². The van der Waals surface area contributed by atoms with Gasteiger partial charge in [-0.3, -0.25) is 4.57 Å². The number of benzene rings is 1. The molecule has 2 heterocycles. The zero-order valence-electron chi connectivity index (χ0n) is 17.0. The monoisotopic (exact) mass is 447 g/mol. The summed E-state index contributed by atoms with van der Waals surface area (Å²) in [4.78, 5) is 19.3. The Balaban J connectivity index is 1.98. The lowest BCUT2D eigenvalue weighted by atomic mass is 10.1. The smallest absolute Gasteiger partial charge is 0.415 e. The number of methoxy groups -OCH3 is 1. The molecule has 0 spiro atoms. The molecule has 0 amide bonds. The molecule has 0 aliphatic heterocycles. The van der Waals surface area contributed by atoms with Gasteiger partial charge in [0.15, 0.2) is 14.9 Å². The molecule has 31 heavy (non-hydrogen) atoms. The lowest BCUT2D eigenvalue weighted by Gasteiger charge is -2.16. The van der Waals surface area contributed by atoms with Gasteiger partial charge in [-0.05, 0) is 31.2 Å². The number of carbonyl (C=O) groups is 1. The van der Waals surface area contributed by atoms with Crippen LogP contribution < -0.4 is 9.47 Å².